The van der Waals surface area contributed by atoms with Gasteiger partial charge in [0.25, 0.3) is 17.0 Å². The van der Waals surface area contributed by atoms with Crippen LogP contribution in [0.3, 0.4) is 0 Å². The number of amides is 1. The Labute approximate surface area is 138 Å². The van der Waals surface area contributed by atoms with Crippen LogP contribution in [0.1, 0.15) is 10.5 Å². The van der Waals surface area contributed by atoms with Crippen molar-refractivity contribution in [3.8, 4) is 0 Å². The van der Waals surface area contributed by atoms with Gasteiger partial charge in [-0.2, -0.15) is 5.10 Å². The van der Waals surface area contributed by atoms with Crippen LogP contribution in [-0.2, 0) is 13.6 Å². The highest BCUT2D eigenvalue weighted by atomic mass is 32.1. The van der Waals surface area contributed by atoms with Gasteiger partial charge in [0.05, 0.1) is 5.52 Å². The lowest BCUT2D eigenvalue weighted by Crippen LogP contribution is -2.39. The number of H-pyrrole nitrogens is 1. The van der Waals surface area contributed by atoms with Gasteiger partial charge in [-0.05, 0) is 17.5 Å². The highest BCUT2D eigenvalue weighted by molar-refractivity contribution is 7.17. The summed E-state index contributed by atoms with van der Waals surface area (Å²) in [7, 11) is 1.44. The van der Waals surface area contributed by atoms with Crippen LogP contribution in [0.4, 0.5) is 0 Å². The predicted molar refractivity (Wildman–Crippen MR) is 88.5 cm³/mol. The Morgan fingerprint density at radius 3 is 2.83 bits per heavy atom. The van der Waals surface area contributed by atoms with Crippen molar-refractivity contribution in [1.82, 2.24) is 24.6 Å². The maximum atomic E-state index is 12.2. The van der Waals surface area contributed by atoms with E-state index >= 15 is 0 Å². The molecule has 124 valence electrons. The van der Waals surface area contributed by atoms with Crippen LogP contribution in [-0.4, -0.2) is 31.8 Å². The molecule has 0 fully saturated rings. The van der Waals surface area contributed by atoms with Gasteiger partial charge in [0, 0.05) is 26.2 Å². The largest absolute Gasteiger partial charge is 0.349 e. The van der Waals surface area contributed by atoms with E-state index in [0.717, 1.165) is 9.25 Å². The molecule has 0 saturated heterocycles. The van der Waals surface area contributed by atoms with E-state index in [4.69, 9.17) is 0 Å². The van der Waals surface area contributed by atoms with Gasteiger partial charge in [-0.25, -0.2) is 9.48 Å². The molecule has 9 nitrogen and oxygen atoms in total. The Bertz CT molecular complexity index is 1090. The number of aryl methyl sites for hydroxylation is 1. The second-order valence-corrected chi connectivity index (χ2v) is 5.90. The van der Waals surface area contributed by atoms with E-state index in [1.54, 1.807) is 11.4 Å². The quantitative estimate of drug-likeness (QED) is 0.645. The highest BCUT2D eigenvalue weighted by Crippen LogP contribution is 2.11. The molecule has 3 aromatic rings. The molecule has 3 heterocycles. The first-order valence-electron chi connectivity index (χ1n) is 7.00. The monoisotopic (exact) mass is 347 g/mol. The molecule has 0 radical (unpaired) electrons. The molecule has 3 rings (SSSR count). The van der Waals surface area contributed by atoms with Crippen molar-refractivity contribution in [1.29, 1.82) is 0 Å². The van der Waals surface area contributed by atoms with E-state index in [1.165, 1.54) is 30.5 Å². The van der Waals surface area contributed by atoms with Crippen molar-refractivity contribution in [3.63, 3.8) is 0 Å². The first kappa shape index (κ1) is 15.9. The van der Waals surface area contributed by atoms with Crippen LogP contribution in [0.15, 0.2) is 38.0 Å². The fourth-order valence-electron chi connectivity index (χ4n) is 2.17. The van der Waals surface area contributed by atoms with Gasteiger partial charge in [0.15, 0.2) is 0 Å². The molecule has 0 aromatic carbocycles. The molecule has 2 N–H and O–H groups in total. The van der Waals surface area contributed by atoms with Crippen molar-refractivity contribution >= 4 is 27.5 Å². The third kappa shape index (κ3) is 2.91. The normalized spacial score (nSPS) is 10.9. The number of carbonyl (C=O) groups excluding carboxylic acids is 1. The lowest BCUT2D eigenvalue weighted by atomic mass is 10.3. The molecule has 24 heavy (non-hydrogen) atoms. The summed E-state index contributed by atoms with van der Waals surface area (Å²) in [5.74, 6) is -0.493. The van der Waals surface area contributed by atoms with Gasteiger partial charge in [-0.3, -0.25) is 19.0 Å². The van der Waals surface area contributed by atoms with Crippen molar-refractivity contribution in [2.45, 2.75) is 6.54 Å². The van der Waals surface area contributed by atoms with E-state index in [2.05, 4.69) is 15.4 Å². The summed E-state index contributed by atoms with van der Waals surface area (Å²) in [5, 5.41) is 8.11. The van der Waals surface area contributed by atoms with E-state index in [0.29, 0.717) is 10.2 Å². The maximum Gasteiger partial charge on any atom is 0.328 e. The van der Waals surface area contributed by atoms with Crippen molar-refractivity contribution in [2.24, 2.45) is 7.05 Å². The van der Waals surface area contributed by atoms with E-state index in [1.807, 2.05) is 0 Å². The summed E-state index contributed by atoms with van der Waals surface area (Å²) in [5.41, 5.74) is -0.663. The number of hydrogen-bond acceptors (Lipinski definition) is 6. The molecule has 0 aliphatic carbocycles. The Morgan fingerprint density at radius 2 is 2.08 bits per heavy atom. The van der Waals surface area contributed by atoms with Gasteiger partial charge >= 0.3 is 5.69 Å². The zero-order valence-electron chi connectivity index (χ0n) is 12.6. The first-order valence-corrected chi connectivity index (χ1v) is 7.88. The topological polar surface area (TPSA) is 119 Å². The minimum Gasteiger partial charge on any atom is -0.349 e. The molecular weight excluding hydrogens is 334 g/mol. The number of fused-ring (bicyclic) bond motifs is 1. The molecule has 0 bridgehead atoms. The molecule has 0 unspecified atom stereocenters. The van der Waals surface area contributed by atoms with E-state index in [-0.39, 0.29) is 24.3 Å². The summed E-state index contributed by atoms with van der Waals surface area (Å²) in [4.78, 5) is 50.0. The minimum absolute atomic E-state index is 0.0273. The molecule has 0 atom stereocenters. The molecular formula is C14H13N5O4S. The zero-order chi connectivity index (χ0) is 17.3. The Hall–Kier alpha value is -3.01. The van der Waals surface area contributed by atoms with E-state index in [9.17, 15) is 19.2 Å². The fourth-order valence-corrected chi connectivity index (χ4v) is 2.97. The number of thiophene rings is 1. The number of aromatic nitrogens is 4. The number of hydrogen-bond donors (Lipinski definition) is 2. The van der Waals surface area contributed by atoms with Crippen LogP contribution in [0.25, 0.3) is 10.2 Å². The Balaban J connectivity index is 1.73. The van der Waals surface area contributed by atoms with Crippen LogP contribution < -0.4 is 22.1 Å². The van der Waals surface area contributed by atoms with Crippen LogP contribution >= 0.6 is 11.3 Å². The van der Waals surface area contributed by atoms with Gasteiger partial charge < -0.3 is 10.3 Å². The summed E-state index contributed by atoms with van der Waals surface area (Å²) >= 11 is 1.24. The Morgan fingerprint density at radius 1 is 1.29 bits per heavy atom. The van der Waals surface area contributed by atoms with Gasteiger partial charge in [-0.15, -0.1) is 11.3 Å². The third-order valence-electron chi connectivity index (χ3n) is 3.41. The number of nitrogens with one attached hydrogen (secondary N) is 2. The molecule has 10 heteroatoms. The average molecular weight is 347 g/mol. The van der Waals surface area contributed by atoms with E-state index < -0.39 is 17.2 Å². The first-order chi connectivity index (χ1) is 11.5. The molecule has 0 spiro atoms. The molecule has 0 aliphatic rings. The van der Waals surface area contributed by atoms with Gasteiger partial charge in [0.1, 0.15) is 10.4 Å². The molecule has 1 amide bonds. The second-order valence-electron chi connectivity index (χ2n) is 4.99. The van der Waals surface area contributed by atoms with Gasteiger partial charge in [0.2, 0.25) is 0 Å². The fraction of sp³-hybridized carbons (Fsp3) is 0.214. The van der Waals surface area contributed by atoms with Crippen LogP contribution in [0.5, 0.6) is 0 Å². The summed E-state index contributed by atoms with van der Waals surface area (Å²) in [6.07, 6.45) is 0. The predicted octanol–water partition coefficient (Wildman–Crippen LogP) is -0.725. The Kier molecular flexibility index (Phi) is 4.13. The third-order valence-corrected chi connectivity index (χ3v) is 4.31. The number of nitrogens with zero attached hydrogens (tertiary/aromatic N) is 3. The lowest BCUT2D eigenvalue weighted by Gasteiger charge is -2.07. The smallest absolute Gasteiger partial charge is 0.328 e. The van der Waals surface area contributed by atoms with Crippen LogP contribution in [0, 0.1) is 0 Å². The summed E-state index contributed by atoms with van der Waals surface area (Å²) in [6, 6.07) is 4.22. The number of aromatic amines is 1. The SMILES string of the molecule is Cn1nc(C(=O)NCCn2c(=O)[nH]c3ccsc3c2=O)ccc1=O. The maximum absolute atomic E-state index is 12.2. The second kappa shape index (κ2) is 6.24. The minimum atomic E-state index is -0.527. The summed E-state index contributed by atoms with van der Waals surface area (Å²) in [6.45, 7) is 0.0999. The van der Waals surface area contributed by atoms with Crippen molar-refractivity contribution < 1.29 is 4.79 Å². The summed E-state index contributed by atoms with van der Waals surface area (Å²) < 4.78 is 2.54. The van der Waals surface area contributed by atoms with Crippen LogP contribution in [0.2, 0.25) is 0 Å². The standard InChI is InChI=1S/C14H13N5O4S/c1-18-10(20)3-2-9(17-18)12(21)15-5-6-19-13(22)11-8(4-7-24-11)16-14(19)23/h2-4,7H,5-6H2,1H3,(H,15,21)(H,16,23). The molecule has 0 saturated carbocycles. The zero-order valence-corrected chi connectivity index (χ0v) is 13.4. The molecule has 3 aromatic heterocycles. The number of carbonyl (C=O) groups is 1. The van der Waals surface area contributed by atoms with Crippen molar-refractivity contribution in [2.75, 3.05) is 6.54 Å². The highest BCUT2D eigenvalue weighted by Gasteiger charge is 2.11. The lowest BCUT2D eigenvalue weighted by molar-refractivity contribution is 0.0944. The molecule has 0 aliphatic heterocycles. The van der Waals surface area contributed by atoms with Gasteiger partial charge in [-0.1, -0.05) is 0 Å². The number of rotatable bonds is 4. The average Bonchev–Trinajstić information content (AvgIpc) is 3.01. The van der Waals surface area contributed by atoms with Crippen molar-refractivity contribution in [3.05, 3.63) is 60.5 Å².